The van der Waals surface area contributed by atoms with Crippen LogP contribution in [0.1, 0.15) is 48.5 Å². The van der Waals surface area contributed by atoms with Gasteiger partial charge in [-0.1, -0.05) is 151 Å². The standard InChI is InChI=1S/C34H28N6O6S.C32H24N6O5S/c1-21-7-3-6-10-28(21)35-33(42)27-18-31(25-8-4-5-9-26(25)32(27)41)46-30-16-13-23(17-29(30)40(43)44)20-47-34-36-37-38-39(34)19-22-11-14-24(45-2)15-12-22;1-20-9-5-8-14-26(20)33-31(40)25-18-29(23-12-6-7-13-24(23)30(25)39)43-28-16-15-21(17-27(28)38(41)42)19-44-32-34-35-36-37(32)22-10-3-2-4-11-22/h3-18,41H,19-20H2,1-2H3,(H,35,42);2-18,39H,19H2,1H3,(H,33,40). The summed E-state index contributed by atoms with van der Waals surface area (Å²) in [5.74, 6) is 0.237. The summed E-state index contributed by atoms with van der Waals surface area (Å²) in [6.45, 7) is 4.16. The predicted octanol–water partition coefficient (Wildman–Crippen LogP) is 14.2. The van der Waals surface area contributed by atoms with Gasteiger partial charge in [0.2, 0.25) is 21.8 Å². The third-order valence-electron chi connectivity index (χ3n) is 14.3. The van der Waals surface area contributed by atoms with Crippen LogP contribution >= 0.6 is 23.5 Å². The van der Waals surface area contributed by atoms with Gasteiger partial charge in [-0.25, -0.2) is 4.68 Å². The van der Waals surface area contributed by atoms with Gasteiger partial charge in [-0.2, -0.15) is 4.68 Å². The van der Waals surface area contributed by atoms with Crippen LogP contribution in [0.2, 0.25) is 0 Å². The summed E-state index contributed by atoms with van der Waals surface area (Å²) in [6, 6.07) is 57.3. The number of benzene rings is 10. The summed E-state index contributed by atoms with van der Waals surface area (Å²) in [5, 5.41) is 78.7. The molecule has 91 heavy (non-hydrogen) atoms. The molecule has 0 bridgehead atoms. The Hall–Kier alpha value is -11.7. The maximum atomic E-state index is 13.3. The number of aromatic nitrogens is 8. The van der Waals surface area contributed by atoms with Crippen molar-refractivity contribution in [3.8, 4) is 45.9 Å². The van der Waals surface area contributed by atoms with E-state index >= 15 is 0 Å². The number of carbonyl (C=O) groups is 2. The van der Waals surface area contributed by atoms with E-state index in [1.807, 2.05) is 92.7 Å². The molecule has 0 saturated heterocycles. The molecule has 0 aliphatic heterocycles. The Morgan fingerprint density at radius 1 is 0.516 bits per heavy atom. The average molecular weight is 1250 g/mol. The Kier molecular flexibility index (Phi) is 18.5. The summed E-state index contributed by atoms with van der Waals surface area (Å²) in [4.78, 5) is 49.9. The number of anilines is 2. The fourth-order valence-electron chi connectivity index (χ4n) is 9.57. The smallest absolute Gasteiger partial charge is 0.311 e. The molecule has 12 aromatic rings. The van der Waals surface area contributed by atoms with Gasteiger partial charge < -0.3 is 35.1 Å². The van der Waals surface area contributed by atoms with Crippen molar-refractivity contribution in [3.05, 3.63) is 259 Å². The number of phenolic OH excluding ortho intramolecular Hbond substituents is 2. The topological polar surface area (TPSA) is 300 Å². The summed E-state index contributed by atoms with van der Waals surface area (Å²) in [5.41, 5.74) is 5.38. The lowest BCUT2D eigenvalue weighted by atomic mass is 10.0. The van der Waals surface area contributed by atoms with Crippen molar-refractivity contribution in [1.82, 2.24) is 40.4 Å². The number of carbonyl (C=O) groups excluding carboxylic acids is 2. The lowest BCUT2D eigenvalue weighted by molar-refractivity contribution is -0.385. The molecular weight excluding hydrogens is 1200 g/mol. The molecule has 454 valence electrons. The molecule has 4 N–H and O–H groups in total. The molecule has 23 nitrogen and oxygen atoms in total. The SMILES string of the molecule is COc1ccc(Cn2nnnc2SCc2ccc(Oc3cc(C(=O)Nc4ccccc4C)c(O)c4ccccc34)c([N+](=O)[O-])c2)cc1.Cc1ccccc1NC(=O)c1cc(Oc2ccc(CSc3nnnn3-c3ccccc3)cc2[N+](=O)[O-])c2ccccc2c1O. The number of tetrazole rings is 2. The number of hydrogen-bond donors (Lipinski definition) is 4. The van der Waals surface area contributed by atoms with Gasteiger partial charge >= 0.3 is 11.4 Å². The molecule has 0 saturated carbocycles. The molecule has 0 radical (unpaired) electrons. The Balaban J connectivity index is 0.000000187. The number of amides is 2. The average Bonchev–Trinajstić information content (AvgIpc) is 1.53. The van der Waals surface area contributed by atoms with Gasteiger partial charge in [-0.05, 0) is 123 Å². The number of nitro groups is 2. The number of nitrogens with one attached hydrogen (secondary N) is 2. The van der Waals surface area contributed by atoms with Crippen LogP contribution in [-0.2, 0) is 18.1 Å². The lowest BCUT2D eigenvalue weighted by Crippen LogP contribution is -2.13. The van der Waals surface area contributed by atoms with Crippen LogP contribution < -0.4 is 24.8 Å². The van der Waals surface area contributed by atoms with Crippen molar-refractivity contribution in [2.45, 2.75) is 42.2 Å². The number of rotatable bonds is 20. The zero-order valence-electron chi connectivity index (χ0n) is 48.5. The minimum Gasteiger partial charge on any atom is -0.506 e. The van der Waals surface area contributed by atoms with E-state index in [0.717, 1.165) is 28.1 Å². The summed E-state index contributed by atoms with van der Waals surface area (Å²) in [7, 11) is 1.61. The van der Waals surface area contributed by atoms with Gasteiger partial charge in [0.25, 0.3) is 11.8 Å². The van der Waals surface area contributed by atoms with Gasteiger partial charge in [-0.15, -0.1) is 10.2 Å². The molecule has 10 aromatic carbocycles. The zero-order valence-corrected chi connectivity index (χ0v) is 50.2. The molecule has 25 heteroatoms. The Bertz CT molecular complexity index is 4700. The first-order chi connectivity index (χ1) is 44.2. The minimum atomic E-state index is -0.552. The molecule has 2 aromatic heterocycles. The number of nitrogens with zero attached hydrogens (tertiary/aromatic N) is 10. The number of nitro benzene ring substituents is 2. The van der Waals surface area contributed by atoms with E-state index in [9.17, 15) is 40.0 Å². The normalized spacial score (nSPS) is 10.9. The Labute approximate surface area is 526 Å². The predicted molar refractivity (Wildman–Crippen MR) is 344 cm³/mol. The van der Waals surface area contributed by atoms with Gasteiger partial charge in [0.15, 0.2) is 0 Å². The highest BCUT2D eigenvalue weighted by atomic mass is 32.2. The van der Waals surface area contributed by atoms with Gasteiger partial charge in [0, 0.05) is 56.6 Å². The number of aromatic hydroxyl groups is 2. The zero-order chi connectivity index (χ0) is 63.5. The van der Waals surface area contributed by atoms with Crippen LogP contribution in [0.4, 0.5) is 22.7 Å². The van der Waals surface area contributed by atoms with Crippen molar-refractivity contribution >= 4 is 79.6 Å². The first kappa shape index (κ1) is 61.0. The Morgan fingerprint density at radius 3 is 1.45 bits per heavy atom. The number of methoxy groups -OCH3 is 1. The van der Waals surface area contributed by atoms with E-state index in [2.05, 4.69) is 41.7 Å². The number of thioether (sulfide) groups is 2. The molecule has 0 unspecified atom stereocenters. The molecule has 12 rings (SSSR count). The van der Waals surface area contributed by atoms with E-state index in [-0.39, 0.29) is 57.0 Å². The van der Waals surface area contributed by atoms with Crippen molar-refractivity contribution in [2.24, 2.45) is 0 Å². The van der Waals surface area contributed by atoms with Crippen LogP contribution in [0.25, 0.3) is 27.2 Å². The number of aryl methyl sites for hydroxylation is 2. The van der Waals surface area contributed by atoms with Crippen molar-refractivity contribution in [3.63, 3.8) is 0 Å². The fraction of sp³-hybridized carbons (Fsp3) is 0.0909. The summed E-state index contributed by atoms with van der Waals surface area (Å²) >= 11 is 2.67. The van der Waals surface area contributed by atoms with E-state index in [0.29, 0.717) is 72.4 Å². The third-order valence-corrected chi connectivity index (χ3v) is 16.3. The number of hydrogen-bond acceptors (Lipinski definition) is 19. The highest BCUT2D eigenvalue weighted by Crippen LogP contribution is 2.43. The second-order valence-corrected chi connectivity index (χ2v) is 22.1. The van der Waals surface area contributed by atoms with Crippen molar-refractivity contribution in [2.75, 3.05) is 17.7 Å². The number of para-hydroxylation sites is 3. The van der Waals surface area contributed by atoms with E-state index in [4.69, 9.17) is 14.2 Å². The minimum absolute atomic E-state index is 0.0148. The van der Waals surface area contributed by atoms with E-state index < -0.39 is 21.7 Å². The summed E-state index contributed by atoms with van der Waals surface area (Å²) < 4.78 is 20.7. The molecule has 2 heterocycles. The van der Waals surface area contributed by atoms with E-state index in [1.54, 1.807) is 101 Å². The molecule has 0 fully saturated rings. The molecule has 0 aliphatic carbocycles. The molecule has 0 spiro atoms. The van der Waals surface area contributed by atoms with Gasteiger partial charge in [0.05, 0.1) is 40.3 Å². The fourth-order valence-corrected chi connectivity index (χ4v) is 11.2. The summed E-state index contributed by atoms with van der Waals surface area (Å²) in [6.07, 6.45) is 0. The number of fused-ring (bicyclic) bond motifs is 2. The lowest BCUT2D eigenvalue weighted by Gasteiger charge is -2.15. The van der Waals surface area contributed by atoms with Crippen LogP contribution in [0.3, 0.4) is 0 Å². The van der Waals surface area contributed by atoms with E-state index in [1.165, 1.54) is 59.9 Å². The number of ether oxygens (including phenoxy) is 3. The quantitative estimate of drug-likeness (QED) is 0.0313. The largest absolute Gasteiger partial charge is 0.506 e. The highest BCUT2D eigenvalue weighted by molar-refractivity contribution is 7.98. The Morgan fingerprint density at radius 2 is 0.956 bits per heavy atom. The van der Waals surface area contributed by atoms with Crippen LogP contribution in [0.15, 0.2) is 211 Å². The molecular formula is C66H52N12O11S2. The maximum absolute atomic E-state index is 13.3. The van der Waals surface area contributed by atoms with Crippen molar-refractivity contribution < 1.29 is 43.9 Å². The second kappa shape index (κ2) is 27.6. The van der Waals surface area contributed by atoms with Crippen LogP contribution in [-0.4, -0.2) is 79.4 Å². The first-order valence-electron chi connectivity index (χ1n) is 27.8. The molecule has 0 aliphatic rings. The van der Waals surface area contributed by atoms with Crippen molar-refractivity contribution in [1.29, 1.82) is 0 Å². The van der Waals surface area contributed by atoms with Gasteiger partial charge in [-0.3, -0.25) is 29.8 Å². The second-order valence-electron chi connectivity index (χ2n) is 20.2. The molecule has 2 amide bonds. The monoisotopic (exact) mass is 1250 g/mol. The number of phenols is 2. The maximum Gasteiger partial charge on any atom is 0.311 e. The molecule has 0 atom stereocenters. The highest BCUT2D eigenvalue weighted by Gasteiger charge is 2.26. The first-order valence-corrected chi connectivity index (χ1v) is 29.8. The van der Waals surface area contributed by atoms with Crippen LogP contribution in [0.5, 0.6) is 40.2 Å². The third kappa shape index (κ3) is 14.0. The van der Waals surface area contributed by atoms with Crippen LogP contribution in [0, 0.1) is 34.1 Å². The van der Waals surface area contributed by atoms with Gasteiger partial charge in [0.1, 0.15) is 28.7 Å².